The summed E-state index contributed by atoms with van der Waals surface area (Å²) in [5.74, 6) is 0.265. The number of hydrogen-bond donors (Lipinski definition) is 1. The first-order chi connectivity index (χ1) is 16.5. The third-order valence-electron chi connectivity index (χ3n) is 7.12. The third-order valence-corrected chi connectivity index (χ3v) is 8.42. The Morgan fingerprint density at radius 3 is 2.43 bits per heavy atom. The van der Waals surface area contributed by atoms with Crippen LogP contribution in [0.25, 0.3) is 0 Å². The molecule has 1 atom stereocenters. The van der Waals surface area contributed by atoms with Gasteiger partial charge in [-0.3, -0.25) is 14.7 Å². The summed E-state index contributed by atoms with van der Waals surface area (Å²) >= 11 is 13.8. The highest BCUT2D eigenvalue weighted by molar-refractivity contribution is 9.10. The Morgan fingerprint density at radius 2 is 1.80 bits per heavy atom. The van der Waals surface area contributed by atoms with E-state index in [1.165, 1.54) is 21.6 Å². The summed E-state index contributed by atoms with van der Waals surface area (Å²) in [5, 5.41) is 10.3. The van der Waals surface area contributed by atoms with E-state index in [1.54, 1.807) is 20.8 Å². The molecule has 2 aromatic rings. The van der Waals surface area contributed by atoms with Crippen molar-refractivity contribution in [1.29, 1.82) is 0 Å². The lowest BCUT2D eigenvalue weighted by molar-refractivity contribution is -0.134. The SMILES string of the molecule is CC(C)(C)N(CC(=O)N1CCC(C2c3ncc(Br)cc3CCc3cc(Cl)cc(Br)c32)CC1)C(=O)O. The van der Waals surface area contributed by atoms with Crippen molar-refractivity contribution in [1.82, 2.24) is 14.8 Å². The Bertz CT molecular complexity index is 1140. The van der Waals surface area contributed by atoms with E-state index in [4.69, 9.17) is 16.6 Å². The van der Waals surface area contributed by atoms with Crippen LogP contribution in [-0.4, -0.2) is 57.1 Å². The van der Waals surface area contributed by atoms with Crippen LogP contribution < -0.4 is 0 Å². The van der Waals surface area contributed by atoms with Gasteiger partial charge in [0.25, 0.3) is 0 Å². The molecule has 2 heterocycles. The molecule has 2 aliphatic rings. The average molecular weight is 628 g/mol. The molecule has 1 aliphatic carbocycles. The lowest BCUT2D eigenvalue weighted by atomic mass is 9.76. The fraction of sp³-hybridized carbons (Fsp3) is 0.500. The van der Waals surface area contributed by atoms with Crippen molar-refractivity contribution in [3.05, 3.63) is 60.7 Å². The second-order valence-corrected chi connectivity index (χ2v) is 12.6. The maximum atomic E-state index is 13.0. The van der Waals surface area contributed by atoms with Gasteiger partial charge in [0.1, 0.15) is 6.54 Å². The van der Waals surface area contributed by atoms with E-state index in [0.29, 0.717) is 19.0 Å². The van der Waals surface area contributed by atoms with Gasteiger partial charge in [0.05, 0.1) is 5.69 Å². The van der Waals surface area contributed by atoms with Crippen LogP contribution in [0.4, 0.5) is 4.79 Å². The zero-order valence-corrected chi connectivity index (χ0v) is 24.1. The van der Waals surface area contributed by atoms with Crippen LogP contribution in [0.5, 0.6) is 0 Å². The summed E-state index contributed by atoms with van der Waals surface area (Å²) in [6.07, 6.45) is 4.23. The fourth-order valence-corrected chi connectivity index (χ4v) is 6.84. The number of aryl methyl sites for hydroxylation is 2. The van der Waals surface area contributed by atoms with Crippen LogP contribution in [0.15, 0.2) is 33.3 Å². The summed E-state index contributed by atoms with van der Waals surface area (Å²) in [6, 6.07) is 6.20. The van der Waals surface area contributed by atoms with Crippen molar-refractivity contribution in [2.75, 3.05) is 19.6 Å². The summed E-state index contributed by atoms with van der Waals surface area (Å²) in [4.78, 5) is 32.6. The molecule has 1 aromatic carbocycles. The van der Waals surface area contributed by atoms with Crippen LogP contribution in [0.3, 0.4) is 0 Å². The number of benzene rings is 1. The number of aromatic nitrogens is 1. The molecule has 188 valence electrons. The molecule has 1 aromatic heterocycles. The molecule has 1 aliphatic heterocycles. The summed E-state index contributed by atoms with van der Waals surface area (Å²) in [7, 11) is 0. The number of fused-ring (bicyclic) bond motifs is 2. The predicted molar refractivity (Wildman–Crippen MR) is 144 cm³/mol. The molecule has 1 fully saturated rings. The minimum Gasteiger partial charge on any atom is -0.465 e. The maximum Gasteiger partial charge on any atom is 0.408 e. The Labute approximate surface area is 228 Å². The highest BCUT2D eigenvalue weighted by atomic mass is 79.9. The van der Waals surface area contributed by atoms with Gasteiger partial charge in [-0.15, -0.1) is 0 Å². The van der Waals surface area contributed by atoms with Gasteiger partial charge in [-0.1, -0.05) is 27.5 Å². The summed E-state index contributed by atoms with van der Waals surface area (Å²) < 4.78 is 1.98. The van der Waals surface area contributed by atoms with E-state index in [2.05, 4.69) is 44.0 Å². The molecule has 0 bridgehead atoms. The molecule has 4 rings (SSSR count). The number of carbonyl (C=O) groups is 2. The predicted octanol–water partition coefficient (Wildman–Crippen LogP) is 6.51. The Balaban J connectivity index is 1.59. The number of rotatable bonds is 3. The quantitative estimate of drug-likeness (QED) is 0.421. The number of carbonyl (C=O) groups excluding carboxylic acids is 1. The molecule has 0 radical (unpaired) electrons. The standard InChI is InChI=1S/C26H30Br2ClN3O3/c1-26(2,3)32(25(34)35)14-21(33)31-8-6-15(7-9-31)23-22-16(11-19(29)12-20(22)28)4-5-17-10-18(27)13-30-24(17)23/h10-13,15,23H,4-9,14H2,1-3H3,(H,34,35). The van der Waals surface area contributed by atoms with Crippen molar-refractivity contribution in [2.24, 2.45) is 5.92 Å². The molecular formula is C26H30Br2ClN3O3. The topological polar surface area (TPSA) is 73.7 Å². The normalized spacial score (nSPS) is 18.5. The number of halogens is 3. The molecular weight excluding hydrogens is 598 g/mol. The molecule has 1 saturated heterocycles. The lowest BCUT2D eigenvalue weighted by Crippen LogP contribution is -2.52. The van der Waals surface area contributed by atoms with Gasteiger partial charge in [0, 0.05) is 44.7 Å². The number of carboxylic acid groups (broad SMARTS) is 1. The number of hydrogen-bond acceptors (Lipinski definition) is 3. The largest absolute Gasteiger partial charge is 0.465 e. The summed E-state index contributed by atoms with van der Waals surface area (Å²) in [6.45, 7) is 6.48. The number of pyridine rings is 1. The Kier molecular flexibility index (Phi) is 7.84. The number of nitrogens with zero attached hydrogens (tertiary/aromatic N) is 3. The number of piperidine rings is 1. The molecule has 0 saturated carbocycles. The Hall–Kier alpha value is -1.64. The number of amides is 2. The van der Waals surface area contributed by atoms with Crippen LogP contribution in [0.2, 0.25) is 5.02 Å². The van der Waals surface area contributed by atoms with Crippen molar-refractivity contribution < 1.29 is 14.7 Å². The van der Waals surface area contributed by atoms with Crippen LogP contribution in [0.1, 0.15) is 61.9 Å². The minimum atomic E-state index is -1.08. The van der Waals surface area contributed by atoms with Crippen molar-refractivity contribution in [3.8, 4) is 0 Å². The maximum absolute atomic E-state index is 13.0. The van der Waals surface area contributed by atoms with E-state index in [9.17, 15) is 14.7 Å². The van der Waals surface area contributed by atoms with Gasteiger partial charge in [0.2, 0.25) is 5.91 Å². The first-order valence-corrected chi connectivity index (χ1v) is 13.8. The van der Waals surface area contributed by atoms with Crippen molar-refractivity contribution in [2.45, 2.75) is 57.9 Å². The van der Waals surface area contributed by atoms with Crippen LogP contribution in [-0.2, 0) is 17.6 Å². The zero-order valence-electron chi connectivity index (χ0n) is 20.2. The van der Waals surface area contributed by atoms with E-state index in [-0.39, 0.29) is 18.4 Å². The molecule has 2 amide bonds. The molecule has 6 nitrogen and oxygen atoms in total. The van der Waals surface area contributed by atoms with Crippen molar-refractivity contribution >= 4 is 55.5 Å². The minimum absolute atomic E-state index is 0.101. The smallest absolute Gasteiger partial charge is 0.408 e. The van der Waals surface area contributed by atoms with E-state index < -0.39 is 11.6 Å². The molecule has 1 N–H and O–H groups in total. The molecule has 35 heavy (non-hydrogen) atoms. The third kappa shape index (κ3) is 5.70. The molecule has 9 heteroatoms. The van der Waals surface area contributed by atoms with Gasteiger partial charge in [0.15, 0.2) is 0 Å². The highest BCUT2D eigenvalue weighted by Crippen LogP contribution is 2.46. The molecule has 1 unspecified atom stereocenters. The average Bonchev–Trinajstić information content (AvgIpc) is 2.93. The van der Waals surface area contributed by atoms with E-state index in [1.807, 2.05) is 17.2 Å². The van der Waals surface area contributed by atoms with Crippen molar-refractivity contribution in [3.63, 3.8) is 0 Å². The lowest BCUT2D eigenvalue weighted by Gasteiger charge is -2.39. The summed E-state index contributed by atoms with van der Waals surface area (Å²) in [5.41, 5.74) is 4.19. The van der Waals surface area contributed by atoms with E-state index in [0.717, 1.165) is 45.3 Å². The second kappa shape index (κ2) is 10.4. The first kappa shape index (κ1) is 26.4. The first-order valence-electron chi connectivity index (χ1n) is 11.9. The van der Waals surface area contributed by atoms with E-state index >= 15 is 0 Å². The van der Waals surface area contributed by atoms with Gasteiger partial charge in [-0.05, 0) is 103 Å². The van der Waals surface area contributed by atoms with Gasteiger partial charge >= 0.3 is 6.09 Å². The van der Waals surface area contributed by atoms with Crippen LogP contribution in [0, 0.1) is 5.92 Å². The number of likely N-dealkylation sites (tertiary alicyclic amines) is 1. The van der Waals surface area contributed by atoms with Gasteiger partial charge < -0.3 is 10.0 Å². The fourth-order valence-electron chi connectivity index (χ4n) is 5.34. The van der Waals surface area contributed by atoms with Gasteiger partial charge in [-0.2, -0.15) is 0 Å². The second-order valence-electron chi connectivity index (χ2n) is 10.4. The highest BCUT2D eigenvalue weighted by Gasteiger charge is 2.37. The van der Waals surface area contributed by atoms with Gasteiger partial charge in [-0.25, -0.2) is 4.79 Å². The van der Waals surface area contributed by atoms with Crippen LogP contribution >= 0.6 is 43.5 Å². The molecule has 0 spiro atoms. The Morgan fingerprint density at radius 1 is 1.14 bits per heavy atom. The monoisotopic (exact) mass is 625 g/mol. The zero-order chi connectivity index (χ0) is 25.5.